The molecule has 276 valence electrons. The minimum Gasteiger partial charge on any atom is -1.00 e. The van der Waals surface area contributed by atoms with E-state index in [1.54, 1.807) is 0 Å². The normalized spacial score (nSPS) is 11.1. The second kappa shape index (κ2) is 23.7. The van der Waals surface area contributed by atoms with Crippen LogP contribution < -0.4 is 58.8 Å². The summed E-state index contributed by atoms with van der Waals surface area (Å²) in [6.07, 6.45) is 8.93. The standard InChI is InChI=1S/C39H50N4.4ClH.2Ni/c1-11-42(36-17-13-15-19-40-36)38-32(26(3)4)22-30(23-33(38)27(5)6)21-31-24-34(28(7)8)39(35(25-31)29(9)10)43(12-2)37-18-14-16-20-41-37;;;;;;/h11-20,22-29H,21H2,1-10H3;4*1H;;/q+2;;;;;;/p-4. The van der Waals surface area contributed by atoms with E-state index in [2.05, 4.69) is 139 Å². The first-order chi connectivity index (χ1) is 20.6. The van der Waals surface area contributed by atoms with Crippen LogP contribution in [0.4, 0.5) is 23.0 Å². The van der Waals surface area contributed by atoms with Crippen LogP contribution in [-0.4, -0.2) is 22.4 Å². The van der Waals surface area contributed by atoms with Crippen molar-refractivity contribution in [2.24, 2.45) is 0 Å². The maximum Gasteiger partial charge on any atom is 0.327 e. The van der Waals surface area contributed by atoms with Crippen molar-refractivity contribution in [1.29, 1.82) is 0 Å². The number of halogens is 4. The summed E-state index contributed by atoms with van der Waals surface area (Å²) in [5.74, 6) is 3.36. The summed E-state index contributed by atoms with van der Waals surface area (Å²) in [4.78, 5) is 9.41. The van der Waals surface area contributed by atoms with Crippen LogP contribution in [0.25, 0.3) is 0 Å². The summed E-state index contributed by atoms with van der Waals surface area (Å²) in [6.45, 7) is 22.6. The fourth-order valence-electron chi connectivity index (χ4n) is 5.99. The Morgan fingerprint density at radius 2 is 0.796 bits per heavy atom. The van der Waals surface area contributed by atoms with Crippen molar-refractivity contribution in [3.05, 3.63) is 106 Å². The molecule has 10 heteroatoms. The number of nitrogens with zero attached hydrogens (tertiary/aromatic N) is 4. The molecule has 0 saturated carbocycles. The zero-order valence-electron chi connectivity index (χ0n) is 30.0. The van der Waals surface area contributed by atoms with Crippen molar-refractivity contribution in [2.75, 3.05) is 0 Å². The fraction of sp³-hybridized carbons (Fsp3) is 0.385. The van der Waals surface area contributed by atoms with Crippen LogP contribution in [0, 0.1) is 0 Å². The van der Waals surface area contributed by atoms with Crippen LogP contribution in [0.3, 0.4) is 0 Å². The van der Waals surface area contributed by atoms with Gasteiger partial charge in [-0.25, -0.2) is 9.15 Å². The smallest absolute Gasteiger partial charge is 0.327 e. The van der Waals surface area contributed by atoms with Gasteiger partial charge in [0.15, 0.2) is 0 Å². The van der Waals surface area contributed by atoms with Gasteiger partial charge in [0.05, 0.1) is 12.4 Å². The molecule has 0 spiro atoms. The van der Waals surface area contributed by atoms with Crippen LogP contribution in [0.15, 0.2) is 73.1 Å². The Bertz CT molecular complexity index is 1450. The van der Waals surface area contributed by atoms with Crippen molar-refractivity contribution in [3.8, 4) is 0 Å². The first-order valence-electron chi connectivity index (χ1n) is 15.9. The first-order valence-corrected chi connectivity index (χ1v) is 15.9. The number of hydrogen-bond acceptors (Lipinski definition) is 2. The maximum absolute atomic E-state index is 4.70. The maximum atomic E-state index is 4.70. The van der Waals surface area contributed by atoms with Gasteiger partial charge >= 0.3 is 11.6 Å². The topological polar surface area (TPSA) is 31.8 Å². The van der Waals surface area contributed by atoms with Crippen LogP contribution in [-0.2, 0) is 39.4 Å². The monoisotopic (exact) mass is 830 g/mol. The molecular formula is C39H50Cl4N4Ni2-2. The molecule has 0 radical (unpaired) electrons. The molecule has 0 atom stereocenters. The van der Waals surface area contributed by atoms with E-state index in [1.165, 1.54) is 44.8 Å². The van der Waals surface area contributed by atoms with Gasteiger partial charge in [-0.15, -0.1) is 0 Å². The number of hydrogen-bond donors (Lipinski definition) is 0. The zero-order valence-corrected chi connectivity index (χ0v) is 35.0. The molecule has 0 aliphatic heterocycles. The minimum atomic E-state index is 0. The van der Waals surface area contributed by atoms with Crippen molar-refractivity contribution in [3.63, 3.8) is 0 Å². The van der Waals surface area contributed by atoms with E-state index in [-0.39, 0.29) is 82.6 Å². The molecule has 4 rings (SSSR count). The number of pyridine rings is 2. The average Bonchev–Trinajstić information content (AvgIpc) is 2.99. The molecule has 0 saturated heterocycles. The van der Waals surface area contributed by atoms with Crippen molar-refractivity contribution >= 4 is 35.4 Å². The van der Waals surface area contributed by atoms with Crippen LogP contribution in [0.2, 0.25) is 0 Å². The average molecular weight is 834 g/mol. The molecular weight excluding hydrogens is 784 g/mol. The Balaban J connectivity index is -0.00000353. The molecule has 0 aliphatic rings. The van der Waals surface area contributed by atoms with Gasteiger partial charge in [0.2, 0.25) is 0 Å². The molecule has 2 heterocycles. The first kappa shape index (κ1) is 51.6. The number of aromatic nitrogens is 2. The summed E-state index contributed by atoms with van der Waals surface area (Å²) in [5, 5.41) is 0. The Hall–Kier alpha value is -1.77. The van der Waals surface area contributed by atoms with E-state index < -0.39 is 0 Å². The molecule has 0 amide bonds. The predicted molar refractivity (Wildman–Crippen MR) is 187 cm³/mol. The van der Waals surface area contributed by atoms with Gasteiger partial charge in [-0.05, 0) is 77.2 Å². The summed E-state index contributed by atoms with van der Waals surface area (Å²) in [6, 6.07) is 22.0. The Labute approximate surface area is 340 Å². The quantitative estimate of drug-likeness (QED) is 0.110. The molecule has 0 aliphatic carbocycles. The van der Waals surface area contributed by atoms with Crippen molar-refractivity contribution in [2.45, 2.75) is 99.3 Å². The second-order valence-electron chi connectivity index (χ2n) is 12.7. The zero-order chi connectivity index (χ0) is 31.3. The third kappa shape index (κ3) is 12.2. The van der Waals surface area contributed by atoms with E-state index in [1.807, 2.05) is 24.5 Å². The van der Waals surface area contributed by atoms with Crippen LogP contribution in [0.5, 0.6) is 0 Å². The molecule has 49 heavy (non-hydrogen) atoms. The number of benzene rings is 2. The van der Waals surface area contributed by atoms with Gasteiger partial charge in [-0.1, -0.05) is 91.8 Å². The molecule has 0 N–H and O–H groups in total. The van der Waals surface area contributed by atoms with Gasteiger partial charge in [-0.3, -0.25) is 0 Å². The minimum absolute atomic E-state index is 0. The van der Waals surface area contributed by atoms with E-state index >= 15 is 0 Å². The van der Waals surface area contributed by atoms with Crippen LogP contribution >= 0.6 is 0 Å². The van der Waals surface area contributed by atoms with Crippen molar-refractivity contribution in [1.82, 2.24) is 19.1 Å². The molecule has 4 aromatic rings. The summed E-state index contributed by atoms with van der Waals surface area (Å²) in [5.41, 5.74) is 10.7. The van der Waals surface area contributed by atoms with Gasteiger partial charge in [-0.2, -0.15) is 0 Å². The summed E-state index contributed by atoms with van der Waals surface area (Å²) < 4.78 is 4.54. The SMILES string of the molecule is CC=[N+](c1ccccn1)c1c(C(C)C)cc(Cc2cc(C(C)C)c([N+](=CC)c3ccccn3)c(C(C)C)c2)cc1C(C)C.[Cl-].[Cl-].[Cl-].[Cl-].[Ni].[Ni]. The second-order valence-corrected chi connectivity index (χ2v) is 12.7. The number of rotatable bonds is 10. The van der Waals surface area contributed by atoms with Gasteiger partial charge < -0.3 is 49.6 Å². The summed E-state index contributed by atoms with van der Waals surface area (Å²) in [7, 11) is 0. The predicted octanol–water partition coefficient (Wildman–Crippen LogP) is -1.58. The van der Waals surface area contributed by atoms with E-state index in [0.717, 1.165) is 18.1 Å². The molecule has 2 aromatic heterocycles. The van der Waals surface area contributed by atoms with E-state index in [0.29, 0.717) is 23.7 Å². The molecule has 0 bridgehead atoms. The molecule has 4 nitrogen and oxygen atoms in total. The van der Waals surface area contributed by atoms with Crippen LogP contribution in [0.1, 0.15) is 126 Å². The van der Waals surface area contributed by atoms with E-state index in [9.17, 15) is 0 Å². The van der Waals surface area contributed by atoms with Gasteiger partial charge in [0.25, 0.3) is 0 Å². The third-order valence-corrected chi connectivity index (χ3v) is 8.14. The molecule has 0 fully saturated rings. The third-order valence-electron chi connectivity index (χ3n) is 8.14. The Kier molecular flexibility index (Phi) is 24.9. The molecule has 2 aromatic carbocycles. The summed E-state index contributed by atoms with van der Waals surface area (Å²) >= 11 is 0. The van der Waals surface area contributed by atoms with E-state index in [4.69, 9.17) is 9.97 Å². The Morgan fingerprint density at radius 1 is 0.510 bits per heavy atom. The fourth-order valence-corrected chi connectivity index (χ4v) is 5.99. The largest absolute Gasteiger partial charge is 1.00 e. The van der Waals surface area contributed by atoms with Crippen molar-refractivity contribution < 1.29 is 82.6 Å². The van der Waals surface area contributed by atoms with Gasteiger partial charge in [0.1, 0.15) is 23.8 Å². The molecule has 0 unspecified atom stereocenters. The van der Waals surface area contributed by atoms with Gasteiger partial charge in [0, 0.05) is 67.4 Å². The Morgan fingerprint density at radius 3 is 1.00 bits per heavy atom.